The van der Waals surface area contributed by atoms with Crippen LogP contribution in [0.2, 0.25) is 0 Å². The summed E-state index contributed by atoms with van der Waals surface area (Å²) in [5.41, 5.74) is 5.41. The highest BCUT2D eigenvalue weighted by molar-refractivity contribution is 5.73. The van der Waals surface area contributed by atoms with Crippen LogP contribution in [-0.2, 0) is 4.74 Å². The molecule has 68 valence electrons. The van der Waals surface area contributed by atoms with E-state index in [0.717, 1.165) is 26.1 Å². The molecule has 2 rings (SSSR count). The van der Waals surface area contributed by atoms with Gasteiger partial charge in [-0.25, -0.2) is 4.99 Å². The van der Waals surface area contributed by atoms with Crippen molar-refractivity contribution in [3.05, 3.63) is 0 Å². The predicted octanol–water partition coefficient (Wildman–Crippen LogP) is -0.204. The summed E-state index contributed by atoms with van der Waals surface area (Å²) < 4.78 is 5.55. The summed E-state index contributed by atoms with van der Waals surface area (Å²) in [6.07, 6.45) is 2.26. The number of ether oxygens (including phenoxy) is 1. The van der Waals surface area contributed by atoms with E-state index >= 15 is 0 Å². The summed E-state index contributed by atoms with van der Waals surface area (Å²) in [5.74, 6) is 0. The molecule has 0 aromatic carbocycles. The molecular weight excluding hydrogens is 154 g/mol. The second-order valence-corrected chi connectivity index (χ2v) is 3.78. The Morgan fingerprint density at radius 2 is 2.50 bits per heavy atom. The lowest BCUT2D eigenvalue weighted by molar-refractivity contribution is 0.0125. The predicted molar refractivity (Wildman–Crippen MR) is 47.0 cm³/mol. The van der Waals surface area contributed by atoms with E-state index in [1.54, 1.807) is 0 Å². The van der Waals surface area contributed by atoms with Crippen LogP contribution in [-0.4, -0.2) is 43.2 Å². The fourth-order valence-corrected chi connectivity index (χ4v) is 2.04. The molecule has 2 N–H and O–H groups in total. The fourth-order valence-electron chi connectivity index (χ4n) is 2.04. The molecule has 4 heteroatoms. The molecule has 0 amide bonds. The van der Waals surface area contributed by atoms with Gasteiger partial charge >= 0.3 is 0 Å². The molecule has 0 aromatic rings. The molecule has 2 heterocycles. The Bertz CT molecular complexity index is 216. The van der Waals surface area contributed by atoms with Crippen LogP contribution >= 0.6 is 0 Å². The first-order valence-electron chi connectivity index (χ1n) is 4.38. The molecule has 0 aliphatic carbocycles. The average Bonchev–Trinajstić information content (AvgIpc) is 2.32. The minimum Gasteiger partial charge on any atom is -0.455 e. The van der Waals surface area contributed by atoms with Crippen LogP contribution < -0.4 is 5.73 Å². The molecule has 12 heavy (non-hydrogen) atoms. The Kier molecular flexibility index (Phi) is 1.72. The zero-order valence-corrected chi connectivity index (χ0v) is 7.42. The minimum atomic E-state index is -0.0862. The topological polar surface area (TPSA) is 50.8 Å². The van der Waals surface area contributed by atoms with E-state index in [9.17, 15) is 0 Å². The van der Waals surface area contributed by atoms with Crippen LogP contribution in [0.25, 0.3) is 0 Å². The first-order valence-corrected chi connectivity index (χ1v) is 4.38. The average molecular weight is 169 g/mol. The van der Waals surface area contributed by atoms with Crippen molar-refractivity contribution >= 4 is 6.02 Å². The quantitative estimate of drug-likeness (QED) is 0.546. The zero-order valence-electron chi connectivity index (χ0n) is 7.42. The highest BCUT2D eigenvalue weighted by Gasteiger charge is 2.40. The molecule has 0 saturated carbocycles. The number of piperidine rings is 1. The SMILES string of the molecule is CN1CCCC2(CN=C(N)O2)C1. The summed E-state index contributed by atoms with van der Waals surface area (Å²) in [5, 5.41) is 0. The van der Waals surface area contributed by atoms with Crippen molar-refractivity contribution < 1.29 is 4.74 Å². The second-order valence-electron chi connectivity index (χ2n) is 3.78. The van der Waals surface area contributed by atoms with Gasteiger partial charge in [-0.1, -0.05) is 0 Å². The summed E-state index contributed by atoms with van der Waals surface area (Å²) in [4.78, 5) is 6.37. The standard InChI is InChI=1S/C8H15N3O/c1-11-4-2-3-8(6-11)5-10-7(9)12-8/h2-6H2,1H3,(H2,9,10). The van der Waals surface area contributed by atoms with Crippen LogP contribution in [0.15, 0.2) is 4.99 Å². The summed E-state index contributed by atoms with van der Waals surface area (Å²) >= 11 is 0. The van der Waals surface area contributed by atoms with E-state index in [1.807, 2.05) is 0 Å². The molecule has 1 spiro atoms. The lowest BCUT2D eigenvalue weighted by atomic mass is 9.93. The lowest BCUT2D eigenvalue weighted by Crippen LogP contribution is -2.49. The van der Waals surface area contributed by atoms with Gasteiger partial charge in [0.05, 0.1) is 6.54 Å². The molecule has 4 nitrogen and oxygen atoms in total. The molecule has 2 aliphatic rings. The van der Waals surface area contributed by atoms with Gasteiger partial charge < -0.3 is 15.4 Å². The van der Waals surface area contributed by atoms with Crippen molar-refractivity contribution in [1.82, 2.24) is 4.90 Å². The Balaban J connectivity index is 2.03. The monoisotopic (exact) mass is 169 g/mol. The molecule has 1 unspecified atom stereocenters. The van der Waals surface area contributed by atoms with Gasteiger partial charge in [0.1, 0.15) is 5.60 Å². The van der Waals surface area contributed by atoms with Crippen LogP contribution in [0.1, 0.15) is 12.8 Å². The van der Waals surface area contributed by atoms with Crippen molar-refractivity contribution in [2.45, 2.75) is 18.4 Å². The maximum absolute atomic E-state index is 5.55. The third kappa shape index (κ3) is 1.27. The number of hydrogen-bond donors (Lipinski definition) is 1. The van der Waals surface area contributed by atoms with Crippen molar-refractivity contribution in [1.29, 1.82) is 0 Å². The maximum Gasteiger partial charge on any atom is 0.282 e. The lowest BCUT2D eigenvalue weighted by Gasteiger charge is -2.36. The molecule has 1 atom stereocenters. The molecule has 0 radical (unpaired) electrons. The Morgan fingerprint density at radius 1 is 1.67 bits per heavy atom. The van der Waals surface area contributed by atoms with E-state index in [4.69, 9.17) is 10.5 Å². The van der Waals surface area contributed by atoms with Crippen LogP contribution in [0, 0.1) is 0 Å². The minimum absolute atomic E-state index is 0.0862. The molecule has 2 aliphatic heterocycles. The Morgan fingerprint density at radius 3 is 3.08 bits per heavy atom. The van der Waals surface area contributed by atoms with Gasteiger partial charge in [0.25, 0.3) is 6.02 Å². The van der Waals surface area contributed by atoms with E-state index in [-0.39, 0.29) is 5.60 Å². The Labute approximate surface area is 72.4 Å². The van der Waals surface area contributed by atoms with Crippen molar-refractivity contribution in [3.63, 3.8) is 0 Å². The van der Waals surface area contributed by atoms with E-state index in [2.05, 4.69) is 16.9 Å². The number of aliphatic imine (C=N–C) groups is 1. The van der Waals surface area contributed by atoms with Gasteiger partial charge in [0.15, 0.2) is 0 Å². The number of nitrogens with zero attached hydrogens (tertiary/aromatic N) is 2. The molecule has 0 aromatic heterocycles. The normalized spacial score (nSPS) is 36.6. The van der Waals surface area contributed by atoms with Gasteiger partial charge in [-0.2, -0.15) is 0 Å². The first kappa shape index (κ1) is 7.86. The van der Waals surface area contributed by atoms with E-state index < -0.39 is 0 Å². The smallest absolute Gasteiger partial charge is 0.282 e. The highest BCUT2D eigenvalue weighted by Crippen LogP contribution is 2.27. The summed E-state index contributed by atoms with van der Waals surface area (Å²) in [6.45, 7) is 2.85. The van der Waals surface area contributed by atoms with Gasteiger partial charge in [0.2, 0.25) is 0 Å². The van der Waals surface area contributed by atoms with Crippen molar-refractivity contribution in [3.8, 4) is 0 Å². The van der Waals surface area contributed by atoms with Gasteiger partial charge in [-0.15, -0.1) is 0 Å². The van der Waals surface area contributed by atoms with Crippen LogP contribution in [0.3, 0.4) is 0 Å². The summed E-state index contributed by atoms with van der Waals surface area (Å²) in [7, 11) is 2.11. The van der Waals surface area contributed by atoms with Crippen molar-refractivity contribution in [2.75, 3.05) is 26.7 Å². The molecular formula is C8H15N3O. The number of likely N-dealkylation sites (tertiary alicyclic amines) is 1. The Hall–Kier alpha value is -0.770. The molecule has 1 fully saturated rings. The number of likely N-dealkylation sites (N-methyl/N-ethyl adjacent to an activating group) is 1. The second kappa shape index (κ2) is 2.62. The van der Waals surface area contributed by atoms with Gasteiger partial charge in [-0.05, 0) is 26.4 Å². The molecule has 0 bridgehead atoms. The van der Waals surface area contributed by atoms with Gasteiger partial charge in [0, 0.05) is 6.54 Å². The van der Waals surface area contributed by atoms with Crippen molar-refractivity contribution in [2.24, 2.45) is 10.7 Å². The maximum atomic E-state index is 5.55. The number of amidine groups is 1. The largest absolute Gasteiger partial charge is 0.455 e. The van der Waals surface area contributed by atoms with E-state index in [1.165, 1.54) is 6.42 Å². The van der Waals surface area contributed by atoms with Gasteiger partial charge in [-0.3, -0.25) is 0 Å². The number of hydrogen-bond acceptors (Lipinski definition) is 4. The number of nitrogens with two attached hydrogens (primary N) is 1. The zero-order chi connectivity index (χ0) is 8.60. The first-order chi connectivity index (χ1) is 5.70. The van der Waals surface area contributed by atoms with Crippen LogP contribution in [0.5, 0.6) is 0 Å². The summed E-state index contributed by atoms with van der Waals surface area (Å²) in [6, 6.07) is 0.366. The third-order valence-corrected chi connectivity index (χ3v) is 2.57. The highest BCUT2D eigenvalue weighted by atomic mass is 16.5. The number of rotatable bonds is 0. The van der Waals surface area contributed by atoms with Crippen LogP contribution in [0.4, 0.5) is 0 Å². The van der Waals surface area contributed by atoms with E-state index in [0.29, 0.717) is 6.02 Å². The third-order valence-electron chi connectivity index (χ3n) is 2.57. The fraction of sp³-hybridized carbons (Fsp3) is 0.875. The molecule has 1 saturated heterocycles.